The summed E-state index contributed by atoms with van der Waals surface area (Å²) < 4.78 is 46.2. The number of benzene rings is 1. The van der Waals surface area contributed by atoms with Crippen LogP contribution in [0.25, 0.3) is 0 Å². The zero-order valence-corrected chi connectivity index (χ0v) is 19.8. The summed E-state index contributed by atoms with van der Waals surface area (Å²) in [5.41, 5.74) is -0.143. The van der Waals surface area contributed by atoms with Crippen LogP contribution in [0.2, 0.25) is 0 Å². The van der Waals surface area contributed by atoms with Gasteiger partial charge in [-0.1, -0.05) is 13.8 Å². The Kier molecular flexibility index (Phi) is 6.89. The first-order valence-electron chi connectivity index (χ1n) is 11.7. The second-order valence-corrected chi connectivity index (χ2v) is 10.0. The normalized spacial score (nSPS) is 27.0. The largest absolute Gasteiger partial charge is 0.573 e. The summed E-state index contributed by atoms with van der Waals surface area (Å²) >= 11 is 0. The van der Waals surface area contributed by atoms with Crippen molar-refractivity contribution >= 4 is 24.0 Å². The molecule has 2 saturated heterocycles. The van der Waals surface area contributed by atoms with Crippen LogP contribution in [0.3, 0.4) is 0 Å². The zero-order chi connectivity index (χ0) is 26.3. The zero-order valence-electron chi connectivity index (χ0n) is 19.8. The highest BCUT2D eigenvalue weighted by atomic mass is 19.4. The van der Waals surface area contributed by atoms with Gasteiger partial charge in [0.05, 0.1) is 6.04 Å². The van der Waals surface area contributed by atoms with Gasteiger partial charge in [0.1, 0.15) is 23.8 Å². The van der Waals surface area contributed by atoms with Crippen LogP contribution in [-0.4, -0.2) is 67.1 Å². The topological polar surface area (TPSA) is 114 Å². The Labute approximate surface area is 205 Å². The lowest BCUT2D eigenvalue weighted by Gasteiger charge is -2.31. The molecule has 36 heavy (non-hydrogen) atoms. The molecule has 1 aromatic carbocycles. The first-order valence-corrected chi connectivity index (χ1v) is 11.7. The van der Waals surface area contributed by atoms with E-state index < -0.39 is 42.6 Å². The molecule has 1 saturated carbocycles. The summed E-state index contributed by atoms with van der Waals surface area (Å²) in [6, 6.07) is 3.00. The molecule has 0 spiro atoms. The lowest BCUT2D eigenvalue weighted by molar-refractivity contribution is -0.274. The van der Waals surface area contributed by atoms with Gasteiger partial charge in [-0.2, -0.15) is 0 Å². The van der Waals surface area contributed by atoms with Gasteiger partial charge >= 0.3 is 6.36 Å². The van der Waals surface area contributed by atoms with Crippen molar-refractivity contribution in [2.75, 3.05) is 19.7 Å². The van der Waals surface area contributed by atoms with Crippen molar-refractivity contribution in [2.45, 2.75) is 45.1 Å². The maximum atomic E-state index is 13.2. The lowest BCUT2D eigenvalue weighted by Crippen LogP contribution is -2.53. The van der Waals surface area contributed by atoms with Crippen LogP contribution < -0.4 is 20.1 Å². The minimum absolute atomic E-state index is 0.0812. The summed E-state index contributed by atoms with van der Waals surface area (Å²) in [6.07, 6.45) is -3.43. The van der Waals surface area contributed by atoms with Gasteiger partial charge in [-0.25, -0.2) is 0 Å². The number of alkyl halides is 3. The van der Waals surface area contributed by atoms with E-state index in [0.29, 0.717) is 25.8 Å². The van der Waals surface area contributed by atoms with Crippen molar-refractivity contribution in [3.05, 3.63) is 24.3 Å². The quantitative estimate of drug-likeness (QED) is 0.488. The van der Waals surface area contributed by atoms with E-state index in [1.54, 1.807) is 0 Å². The second-order valence-electron chi connectivity index (χ2n) is 10.0. The molecule has 0 radical (unpaired) electrons. The van der Waals surface area contributed by atoms with Gasteiger partial charge in [0.15, 0.2) is 6.61 Å². The predicted octanol–water partition coefficient (Wildman–Crippen LogP) is 1.66. The minimum atomic E-state index is -4.81. The molecule has 1 aliphatic carbocycles. The highest BCUT2D eigenvalue weighted by Crippen LogP contribution is 2.64. The fourth-order valence-electron chi connectivity index (χ4n) is 5.40. The first-order chi connectivity index (χ1) is 16.9. The van der Waals surface area contributed by atoms with Crippen molar-refractivity contribution in [1.29, 1.82) is 0 Å². The third kappa shape index (κ3) is 5.41. The van der Waals surface area contributed by atoms with Crippen molar-refractivity contribution in [2.24, 2.45) is 23.2 Å². The van der Waals surface area contributed by atoms with Gasteiger partial charge in [0.2, 0.25) is 11.8 Å². The third-order valence-corrected chi connectivity index (χ3v) is 7.41. The SMILES string of the molecule is CC1(C)[C@@H]2[C@H](C(=O)N[C@H](C=O)C[C@@H]3CCNC3=O)N(C(=O)COc3ccc(OC(F)(F)F)cc3)C[C@@H]21. The number of piperidine rings is 1. The fourth-order valence-corrected chi connectivity index (χ4v) is 5.40. The molecule has 2 aliphatic heterocycles. The van der Waals surface area contributed by atoms with Crippen LogP contribution in [0.5, 0.6) is 11.5 Å². The number of fused-ring (bicyclic) bond motifs is 1. The van der Waals surface area contributed by atoms with E-state index in [-0.39, 0.29) is 41.2 Å². The number of amides is 3. The van der Waals surface area contributed by atoms with Crippen molar-refractivity contribution < 1.29 is 41.8 Å². The van der Waals surface area contributed by atoms with Crippen molar-refractivity contribution in [1.82, 2.24) is 15.5 Å². The summed E-state index contributed by atoms with van der Waals surface area (Å²) in [7, 11) is 0. The van der Waals surface area contributed by atoms with Crippen LogP contribution in [0.1, 0.15) is 26.7 Å². The highest BCUT2D eigenvalue weighted by Gasteiger charge is 2.69. The molecule has 4 rings (SSSR count). The minimum Gasteiger partial charge on any atom is -0.484 e. The molecule has 0 aromatic heterocycles. The predicted molar refractivity (Wildman–Crippen MR) is 119 cm³/mol. The Morgan fingerprint density at radius 2 is 1.92 bits per heavy atom. The van der Waals surface area contributed by atoms with E-state index in [1.807, 2.05) is 13.8 Å². The Hall–Kier alpha value is -3.31. The van der Waals surface area contributed by atoms with Gasteiger partial charge in [0, 0.05) is 19.0 Å². The number of rotatable bonds is 9. The fraction of sp³-hybridized carbons (Fsp3) is 0.583. The summed E-state index contributed by atoms with van der Waals surface area (Å²) in [5.74, 6) is -1.62. The average molecular weight is 511 g/mol. The Morgan fingerprint density at radius 3 is 2.50 bits per heavy atom. The van der Waals surface area contributed by atoms with Crippen molar-refractivity contribution in [3.63, 3.8) is 0 Å². The second kappa shape index (κ2) is 9.62. The number of nitrogens with zero attached hydrogens (tertiary/aromatic N) is 1. The van der Waals surface area contributed by atoms with Gasteiger partial charge in [-0.05, 0) is 54.4 Å². The highest BCUT2D eigenvalue weighted by molar-refractivity contribution is 5.91. The third-order valence-electron chi connectivity index (χ3n) is 7.41. The van der Waals surface area contributed by atoms with Crippen LogP contribution in [0.4, 0.5) is 13.2 Å². The number of hydrogen-bond acceptors (Lipinski definition) is 6. The Bertz CT molecular complexity index is 1030. The standard InChI is InChI=1S/C24H28F3N3O6/c1-23(2)17-10-30(18(32)12-35-15-3-5-16(6-4-15)36-24(25,26)27)20(19(17)23)22(34)29-14(11-31)9-13-7-8-28-21(13)33/h3-6,11,13-14,17,19-20H,7-10,12H2,1-2H3,(H,28,33)(H,29,34)/t13-,14-,17-,19-,20+/m0/s1. The molecule has 3 amide bonds. The van der Waals surface area contributed by atoms with Gasteiger partial charge in [0.25, 0.3) is 5.91 Å². The number of ether oxygens (including phenoxy) is 2. The molecule has 2 N–H and O–H groups in total. The van der Waals surface area contributed by atoms with Crippen molar-refractivity contribution in [3.8, 4) is 11.5 Å². The summed E-state index contributed by atoms with van der Waals surface area (Å²) in [5, 5.41) is 5.41. The van der Waals surface area contributed by atoms with Crippen LogP contribution >= 0.6 is 0 Å². The average Bonchev–Trinajstić information content (AvgIpc) is 3.16. The molecule has 3 fully saturated rings. The molecular formula is C24H28F3N3O6. The number of likely N-dealkylation sites (tertiary alicyclic amines) is 1. The number of aldehydes is 1. The molecule has 0 unspecified atom stereocenters. The molecular weight excluding hydrogens is 483 g/mol. The van der Waals surface area contributed by atoms with E-state index in [4.69, 9.17) is 4.74 Å². The smallest absolute Gasteiger partial charge is 0.484 e. The molecule has 1 aromatic rings. The monoisotopic (exact) mass is 511 g/mol. The maximum Gasteiger partial charge on any atom is 0.573 e. The van der Waals surface area contributed by atoms with Gasteiger partial charge < -0.3 is 29.8 Å². The van der Waals surface area contributed by atoms with Crippen LogP contribution in [0, 0.1) is 23.2 Å². The Morgan fingerprint density at radius 1 is 1.25 bits per heavy atom. The molecule has 0 bridgehead atoms. The molecule has 196 valence electrons. The van der Waals surface area contributed by atoms with E-state index in [9.17, 15) is 32.3 Å². The maximum absolute atomic E-state index is 13.2. The number of nitrogens with one attached hydrogen (secondary N) is 2. The molecule has 3 aliphatic rings. The number of carbonyl (C=O) groups excluding carboxylic acids is 4. The Balaban J connectivity index is 1.37. The summed E-state index contributed by atoms with van der Waals surface area (Å²) in [6.45, 7) is 4.51. The molecule has 5 atom stereocenters. The van der Waals surface area contributed by atoms with E-state index in [0.717, 1.165) is 12.1 Å². The first kappa shape index (κ1) is 25.8. The number of carbonyl (C=O) groups is 4. The summed E-state index contributed by atoms with van der Waals surface area (Å²) in [4.78, 5) is 51.1. The molecule has 2 heterocycles. The van der Waals surface area contributed by atoms with E-state index >= 15 is 0 Å². The van der Waals surface area contributed by atoms with E-state index in [1.165, 1.54) is 17.0 Å². The lowest BCUT2D eigenvalue weighted by atomic mass is 9.97. The van der Waals surface area contributed by atoms with Gasteiger partial charge in [-0.3, -0.25) is 14.4 Å². The van der Waals surface area contributed by atoms with Gasteiger partial charge in [-0.15, -0.1) is 13.2 Å². The van der Waals surface area contributed by atoms with E-state index in [2.05, 4.69) is 15.4 Å². The molecule has 12 heteroatoms. The molecule has 9 nitrogen and oxygen atoms in total. The number of hydrogen-bond donors (Lipinski definition) is 2. The van der Waals surface area contributed by atoms with Crippen LogP contribution in [-0.2, 0) is 19.2 Å². The number of halogens is 3. The van der Waals surface area contributed by atoms with Crippen LogP contribution in [0.15, 0.2) is 24.3 Å².